The second-order valence-corrected chi connectivity index (χ2v) is 2.62. The maximum Gasteiger partial charge on any atom is 2.00 e. The summed E-state index contributed by atoms with van der Waals surface area (Å²) >= 11 is 0.895. The molecule has 0 heterocycles. The summed E-state index contributed by atoms with van der Waals surface area (Å²) in [5, 5.41) is 0. The van der Waals surface area contributed by atoms with E-state index >= 15 is 0 Å². The Bertz CT molecular complexity index is 286. The zero-order valence-corrected chi connectivity index (χ0v) is 10.2. The first-order valence-electron chi connectivity index (χ1n) is 2.89. The van der Waals surface area contributed by atoms with Gasteiger partial charge in [-0.25, -0.2) is 0 Å². The van der Waals surface area contributed by atoms with E-state index in [1.54, 1.807) is 0 Å². The molecule has 0 aliphatic heterocycles. The Morgan fingerprint density at radius 2 is 0.706 bits per heavy atom. The van der Waals surface area contributed by atoms with Crippen LogP contribution in [-0.2, 0) is 17.1 Å². The minimum atomic E-state index is -3.11. The van der Waals surface area contributed by atoms with E-state index in [0.717, 1.165) is 22.6 Å². The van der Waals surface area contributed by atoms with Crippen LogP contribution in [-0.4, -0.2) is 0 Å². The maximum absolute atomic E-state index is 11.4. The van der Waals surface area contributed by atoms with Gasteiger partial charge in [0, 0.05) is 0 Å². The van der Waals surface area contributed by atoms with Crippen LogP contribution >= 0.6 is 22.6 Å². The van der Waals surface area contributed by atoms with Crippen LogP contribution in [0.5, 0.6) is 0 Å². The standard InChI is InChI=1S/C4F6.C2F3I.Cu/c5-1(3(7)8)2(6)4(9)10;3-1(4)2(5)6;/q;;+2. The Morgan fingerprint density at radius 1 is 0.529 bits per heavy atom. The van der Waals surface area contributed by atoms with E-state index < -0.39 is 33.7 Å². The van der Waals surface area contributed by atoms with Crippen molar-refractivity contribution in [1.82, 2.24) is 0 Å². The van der Waals surface area contributed by atoms with Gasteiger partial charge in [0.1, 0.15) is 0 Å². The van der Waals surface area contributed by atoms with Crippen LogP contribution in [0.25, 0.3) is 0 Å². The van der Waals surface area contributed by atoms with Crippen LogP contribution in [0.1, 0.15) is 0 Å². The molecule has 0 aromatic carbocycles. The van der Waals surface area contributed by atoms with E-state index in [2.05, 4.69) is 0 Å². The Hall–Kier alpha value is -0.161. The summed E-state index contributed by atoms with van der Waals surface area (Å²) in [4.78, 5) is 0. The van der Waals surface area contributed by atoms with Crippen LogP contribution in [0, 0.1) is 0 Å². The maximum atomic E-state index is 11.4. The molecule has 0 unspecified atom stereocenters. The van der Waals surface area contributed by atoms with Gasteiger partial charge < -0.3 is 0 Å². The fraction of sp³-hybridized carbons (Fsp3) is 0. The monoisotopic (exact) mass is 433 g/mol. The quantitative estimate of drug-likeness (QED) is 0.219. The molecule has 17 heavy (non-hydrogen) atoms. The molecule has 1 radical (unpaired) electrons. The van der Waals surface area contributed by atoms with E-state index in [1.165, 1.54) is 0 Å². The molecule has 0 aromatic rings. The van der Waals surface area contributed by atoms with Crippen molar-refractivity contribution in [2.24, 2.45) is 0 Å². The van der Waals surface area contributed by atoms with Crippen LogP contribution in [0.2, 0.25) is 0 Å². The van der Waals surface area contributed by atoms with Gasteiger partial charge in [0.05, 0.1) is 0 Å². The first-order valence-corrected chi connectivity index (χ1v) is 3.97. The fourth-order valence-corrected chi connectivity index (χ4v) is 0.166. The van der Waals surface area contributed by atoms with Crippen LogP contribution in [0.4, 0.5) is 39.5 Å². The molecule has 0 saturated carbocycles. The normalized spacial score (nSPS) is 8.12. The molecule has 0 aliphatic carbocycles. The number of hydrogen-bond donors (Lipinski definition) is 0. The van der Waals surface area contributed by atoms with Gasteiger partial charge in [-0.2, -0.15) is 39.5 Å². The van der Waals surface area contributed by atoms with Crippen molar-refractivity contribution in [2.45, 2.75) is 0 Å². The van der Waals surface area contributed by atoms with Crippen LogP contribution in [0.15, 0.2) is 33.7 Å². The zero-order chi connectivity index (χ0) is 13.5. The largest absolute Gasteiger partial charge is 2.00 e. The Balaban J connectivity index is -0.000000244. The first kappa shape index (κ1) is 22.1. The van der Waals surface area contributed by atoms with E-state index in [4.69, 9.17) is 0 Å². The topological polar surface area (TPSA) is 0 Å². The molecule has 0 aliphatic rings. The Kier molecular flexibility index (Phi) is 14.2. The van der Waals surface area contributed by atoms with Crippen molar-refractivity contribution in [3.05, 3.63) is 33.7 Å². The second kappa shape index (κ2) is 11.0. The van der Waals surface area contributed by atoms with Gasteiger partial charge in [0.2, 0.25) is 15.5 Å². The number of hydrogen-bond acceptors (Lipinski definition) is 0. The minimum absolute atomic E-state index is 0. The number of rotatable bonds is 1. The molecule has 0 spiro atoms. The third-order valence-electron chi connectivity index (χ3n) is 0.667. The molecule has 0 N–H and O–H groups in total. The van der Waals surface area contributed by atoms with Crippen molar-refractivity contribution in [1.29, 1.82) is 0 Å². The van der Waals surface area contributed by atoms with Gasteiger partial charge >= 0.3 is 35.3 Å². The summed E-state index contributed by atoms with van der Waals surface area (Å²) < 4.78 is 97.3. The van der Waals surface area contributed by atoms with E-state index in [0.29, 0.717) is 0 Å². The van der Waals surface area contributed by atoms with Gasteiger partial charge in [-0.05, 0) is 22.6 Å². The molecular formula is C6CuF9I+2. The van der Waals surface area contributed by atoms with Crippen molar-refractivity contribution in [2.75, 3.05) is 0 Å². The van der Waals surface area contributed by atoms with Gasteiger partial charge in [-0.1, -0.05) is 0 Å². The zero-order valence-electron chi connectivity index (χ0n) is 7.08. The molecule has 0 atom stereocenters. The molecule has 0 amide bonds. The van der Waals surface area contributed by atoms with Gasteiger partial charge in [-0.15, -0.1) is 0 Å². The number of halogens is 10. The van der Waals surface area contributed by atoms with Crippen molar-refractivity contribution in [3.8, 4) is 0 Å². The summed E-state index contributed by atoms with van der Waals surface area (Å²) in [6.07, 6.45) is -8.47. The Morgan fingerprint density at radius 3 is 0.765 bits per heavy atom. The summed E-state index contributed by atoms with van der Waals surface area (Å²) in [6, 6.07) is 0. The van der Waals surface area contributed by atoms with Crippen LogP contribution in [0.3, 0.4) is 0 Å². The average Bonchev–Trinajstić information content (AvgIpc) is 2.15. The van der Waals surface area contributed by atoms with Crippen LogP contribution < -0.4 is 0 Å². The molecular weight excluding hydrogens is 433 g/mol. The third-order valence-corrected chi connectivity index (χ3v) is 1.08. The molecule has 0 saturated heterocycles. The fourth-order valence-electron chi connectivity index (χ4n) is 0.166. The summed E-state index contributed by atoms with van der Waals surface area (Å²) in [5.74, 6) is -5.64. The predicted octanol–water partition coefficient (Wildman–Crippen LogP) is 5.60. The molecule has 0 rings (SSSR count). The van der Waals surface area contributed by atoms with E-state index in [9.17, 15) is 39.5 Å². The molecule has 0 nitrogen and oxygen atoms in total. The first-order chi connectivity index (χ1) is 7.11. The van der Waals surface area contributed by atoms with Crippen molar-refractivity contribution < 1.29 is 56.6 Å². The van der Waals surface area contributed by atoms with Crippen molar-refractivity contribution in [3.63, 3.8) is 0 Å². The van der Waals surface area contributed by atoms with Gasteiger partial charge in [-0.3, -0.25) is 0 Å². The van der Waals surface area contributed by atoms with Gasteiger partial charge in [0.15, 0.2) is 0 Å². The van der Waals surface area contributed by atoms with Crippen molar-refractivity contribution >= 4 is 22.6 Å². The molecule has 11 heteroatoms. The average molecular weight is 433 g/mol. The SMILES string of the molecule is FC(F)=C(F)C(F)=C(F)F.FC(F)=C(F)I.[Cu+2]. The molecule has 0 aromatic heterocycles. The minimum Gasteiger partial charge on any atom is -0.198 e. The summed E-state index contributed by atoms with van der Waals surface area (Å²) in [5.41, 5.74) is 0. The van der Waals surface area contributed by atoms with Gasteiger partial charge in [0.25, 0.3) is 0 Å². The van der Waals surface area contributed by atoms with E-state index in [1.807, 2.05) is 0 Å². The van der Waals surface area contributed by atoms with E-state index in [-0.39, 0.29) is 17.1 Å². The Labute approximate surface area is 113 Å². The smallest absolute Gasteiger partial charge is 0.198 e. The molecule has 103 valence electrons. The predicted molar refractivity (Wildman–Crippen MR) is 45.1 cm³/mol. The molecule has 0 fully saturated rings. The number of allylic oxidation sites excluding steroid dienone is 2. The summed E-state index contributed by atoms with van der Waals surface area (Å²) in [7, 11) is 0. The summed E-state index contributed by atoms with van der Waals surface area (Å²) in [6.45, 7) is 0. The third kappa shape index (κ3) is 12.1. The second-order valence-electron chi connectivity index (χ2n) is 1.67. The molecule has 0 bridgehead atoms.